The molecule has 0 unspecified atom stereocenters. The van der Waals surface area contributed by atoms with Gasteiger partial charge < -0.3 is 66.4 Å². The molecule has 4 aromatic heterocycles. The van der Waals surface area contributed by atoms with Gasteiger partial charge in [0.15, 0.2) is 29.0 Å². The van der Waals surface area contributed by atoms with Gasteiger partial charge in [0, 0.05) is 32.4 Å². The van der Waals surface area contributed by atoms with Gasteiger partial charge in [0.1, 0.15) is 48.7 Å². The topological polar surface area (TPSA) is 203 Å². The Hall–Kier alpha value is -5.45. The Morgan fingerprint density at radius 3 is 2.00 bits per heavy atom. The number of methoxy groups -OCH3 is 1. The number of halogens is 1. The smallest absolute Gasteiger partial charge is 0.349 e. The zero-order valence-corrected chi connectivity index (χ0v) is 43.2. The van der Waals surface area contributed by atoms with Crippen molar-refractivity contribution in [2.75, 3.05) is 39.7 Å². The van der Waals surface area contributed by atoms with Crippen LogP contribution in [0.5, 0.6) is 0 Å². The fourth-order valence-corrected chi connectivity index (χ4v) is 12.2. The number of fused-ring (bicyclic) bond motifs is 6. The molecule has 72 heavy (non-hydrogen) atoms. The van der Waals surface area contributed by atoms with Gasteiger partial charge in [-0.1, -0.05) is 103 Å². The highest BCUT2D eigenvalue weighted by Gasteiger charge is 2.71. The lowest BCUT2D eigenvalue weighted by Gasteiger charge is -2.45. The molecular weight excluding hydrogens is 1020 g/mol. The number of carbonyl (C=O) groups excluding carboxylic acids is 2. The van der Waals surface area contributed by atoms with Crippen LogP contribution in [0.1, 0.15) is 57.3 Å². The number of rotatable bonds is 16. The number of anilines is 1. The van der Waals surface area contributed by atoms with E-state index in [-0.39, 0.29) is 54.5 Å². The number of amides is 1. The van der Waals surface area contributed by atoms with Crippen molar-refractivity contribution in [3.8, 4) is 0 Å². The van der Waals surface area contributed by atoms with Gasteiger partial charge in [-0.15, -0.1) is 22.7 Å². The Kier molecular flexibility index (Phi) is 15.7. The average molecular weight is 1080 g/mol. The number of nitrogens with one attached hydrogen (secondary N) is 2. The van der Waals surface area contributed by atoms with Crippen LogP contribution in [0.4, 0.5) is 5.82 Å². The molecule has 9 atom stereocenters. The lowest BCUT2D eigenvalue weighted by Crippen LogP contribution is -3.00. The number of quaternary nitrogens is 1. The minimum atomic E-state index is -1.72. The molecule has 19 heteroatoms. The second-order valence-electron chi connectivity index (χ2n) is 19.0. The van der Waals surface area contributed by atoms with Gasteiger partial charge in [0.2, 0.25) is 11.5 Å². The van der Waals surface area contributed by atoms with Gasteiger partial charge in [-0.05, 0) is 39.6 Å². The standard InChI is InChI=1S/C34H36N6O5.C19H22NO4S2.BrH/c1-44-20-26-30(42)31(43)34(45-26)40-21-37-29-32(36-18-25(23-13-7-3-8-14-23)24-15-9-4-10-16-24)38-27(39-33(29)40)19-35-28(41)17-22-11-5-2-6-12-22;1-20(2)12-9-11(10-13(20)17-16(12)24-17)23-18(21)19(22,14-5-3-7-25-14)15-6-4-8-26-15;/h2-16,21,25-26,30-31,34,42-43H,17-20H2,1H3,(H,35,41)(H,36,38,39);3-8,11-13,16-17,22H,9-10H2,1-2H3;1H/q;+1;/p-1/t26-,30-,31-,34-;11-,12-,13+,16-,17+;/m1../s1. The molecule has 7 aromatic rings. The third-order valence-electron chi connectivity index (χ3n) is 14.3. The first-order valence-corrected chi connectivity index (χ1v) is 25.6. The summed E-state index contributed by atoms with van der Waals surface area (Å²) in [6.07, 6.45) is -0.262. The van der Waals surface area contributed by atoms with Crippen molar-refractivity contribution in [1.82, 2.24) is 24.8 Å². The highest BCUT2D eigenvalue weighted by molar-refractivity contribution is 7.12. The maximum atomic E-state index is 13.1. The van der Waals surface area contributed by atoms with Crippen molar-refractivity contribution in [3.63, 3.8) is 0 Å². The Bertz CT molecular complexity index is 2810. The highest BCUT2D eigenvalue weighted by Crippen LogP contribution is 2.52. The lowest BCUT2D eigenvalue weighted by atomic mass is 9.91. The number of hydrogen-bond acceptors (Lipinski definition) is 15. The number of aliphatic hydroxyl groups excluding tert-OH is 2. The number of likely N-dealkylation sites (N-methyl/N-ethyl adjacent to an activating group) is 1. The van der Waals surface area contributed by atoms with Crippen molar-refractivity contribution in [2.45, 2.75) is 92.3 Å². The molecule has 8 heterocycles. The molecule has 4 aliphatic heterocycles. The Balaban J connectivity index is 0.000000200. The van der Waals surface area contributed by atoms with E-state index in [1.54, 1.807) is 16.7 Å². The molecule has 4 aliphatic rings. The van der Waals surface area contributed by atoms with Crippen LogP contribution in [-0.2, 0) is 47.1 Å². The summed E-state index contributed by atoms with van der Waals surface area (Å²) in [6, 6.07) is 37.9. The predicted octanol–water partition coefficient (Wildman–Crippen LogP) is 2.54. The lowest BCUT2D eigenvalue weighted by molar-refractivity contribution is -0.938. The van der Waals surface area contributed by atoms with Gasteiger partial charge in [-0.25, -0.2) is 19.7 Å². The summed E-state index contributed by atoms with van der Waals surface area (Å²) in [4.78, 5) is 41.2. The molecule has 0 radical (unpaired) electrons. The van der Waals surface area contributed by atoms with Crippen molar-refractivity contribution >= 4 is 51.5 Å². The molecule has 4 fully saturated rings. The van der Waals surface area contributed by atoms with E-state index in [0.717, 1.165) is 34.0 Å². The van der Waals surface area contributed by atoms with E-state index in [2.05, 4.69) is 54.0 Å². The van der Waals surface area contributed by atoms with Crippen molar-refractivity contribution in [1.29, 1.82) is 0 Å². The minimum Gasteiger partial charge on any atom is -1.00 e. The number of aromatic nitrogens is 4. The van der Waals surface area contributed by atoms with Crippen LogP contribution >= 0.6 is 22.7 Å². The first-order valence-electron chi connectivity index (χ1n) is 23.8. The number of hydrogen-bond donors (Lipinski definition) is 5. The summed E-state index contributed by atoms with van der Waals surface area (Å²) in [5, 5.41) is 43.0. The second kappa shape index (κ2) is 21.9. The molecule has 0 spiro atoms. The number of aliphatic hydroxyl groups is 3. The fraction of sp³-hybridized carbons (Fsp3) is 0.377. The van der Waals surface area contributed by atoms with Crippen molar-refractivity contribution in [3.05, 3.63) is 165 Å². The third-order valence-corrected chi connectivity index (χ3v) is 16.3. The van der Waals surface area contributed by atoms with Gasteiger partial charge in [-0.3, -0.25) is 9.36 Å². The van der Waals surface area contributed by atoms with E-state index in [9.17, 15) is 24.9 Å². The van der Waals surface area contributed by atoms with Crippen LogP contribution < -0.4 is 27.6 Å². The Morgan fingerprint density at radius 2 is 1.43 bits per heavy atom. The number of piperidine rings is 1. The van der Waals surface area contributed by atoms with Crippen LogP contribution in [-0.4, -0.2) is 134 Å². The molecule has 3 aromatic carbocycles. The fourth-order valence-electron chi connectivity index (χ4n) is 10.5. The second-order valence-corrected chi connectivity index (χ2v) is 20.9. The number of morpholine rings is 1. The summed E-state index contributed by atoms with van der Waals surface area (Å²) in [5.41, 5.74) is 2.32. The molecule has 5 N–H and O–H groups in total. The maximum absolute atomic E-state index is 13.1. The quantitative estimate of drug-likeness (QED) is 0.0538. The Labute approximate surface area is 436 Å². The third kappa shape index (κ3) is 10.4. The van der Waals surface area contributed by atoms with E-state index in [1.807, 2.05) is 89.6 Å². The van der Waals surface area contributed by atoms with Crippen LogP contribution in [0.2, 0.25) is 0 Å². The number of esters is 1. The molecule has 16 nitrogen and oxygen atoms in total. The van der Waals surface area contributed by atoms with Crippen LogP contribution in [0, 0.1) is 0 Å². The predicted molar refractivity (Wildman–Crippen MR) is 267 cm³/mol. The summed E-state index contributed by atoms with van der Waals surface area (Å²) >= 11 is 2.74. The van der Waals surface area contributed by atoms with Gasteiger partial charge in [0.05, 0.1) is 49.7 Å². The number of carbonyl (C=O) groups is 2. The Morgan fingerprint density at radius 1 is 0.833 bits per heavy atom. The van der Waals surface area contributed by atoms with Crippen LogP contribution in [0.25, 0.3) is 11.2 Å². The molecule has 11 rings (SSSR count). The number of benzene rings is 3. The van der Waals surface area contributed by atoms with Gasteiger partial charge >= 0.3 is 5.97 Å². The monoisotopic (exact) mass is 1080 g/mol. The van der Waals surface area contributed by atoms with E-state index < -0.39 is 36.1 Å². The zero-order chi connectivity index (χ0) is 49.3. The number of thiophene rings is 2. The number of nitrogens with zero attached hydrogens (tertiary/aromatic N) is 5. The van der Waals surface area contributed by atoms with Crippen LogP contribution in [0.3, 0.4) is 0 Å². The largest absolute Gasteiger partial charge is 1.00 e. The molecule has 1 amide bonds. The number of ether oxygens (including phenoxy) is 4. The summed E-state index contributed by atoms with van der Waals surface area (Å²) in [5.74, 6) is 0.114. The first-order chi connectivity index (χ1) is 34.4. The summed E-state index contributed by atoms with van der Waals surface area (Å²) < 4.78 is 25.4. The molecule has 378 valence electrons. The van der Waals surface area contributed by atoms with E-state index >= 15 is 0 Å². The molecular formula is C53H58BrN7O9S2. The maximum Gasteiger partial charge on any atom is 0.349 e. The normalized spacial score (nSPS) is 24.7. The molecule has 2 bridgehead atoms. The SMILES string of the molecule is COC[C@H]1O[C@@H](n2cnc3c(NCC(c4ccccc4)c4ccccc4)nc(CNC(=O)Cc4ccccc4)nc32)[C@H](O)[C@@H]1O.C[N+]1(C)[C@@H]2C[C@@H](OC(=O)C(O)(c3cccs3)c3cccs3)C[C@H]1[C@@H]1O[C@@H]12.[Br-]. The first kappa shape index (κ1) is 51.5. The van der Waals surface area contributed by atoms with Crippen molar-refractivity contribution in [2.24, 2.45) is 0 Å². The van der Waals surface area contributed by atoms with Crippen molar-refractivity contribution < 1.29 is 65.3 Å². The van der Waals surface area contributed by atoms with E-state index in [1.165, 1.54) is 36.1 Å². The molecule has 0 saturated carbocycles. The van der Waals surface area contributed by atoms with Gasteiger partial charge in [-0.2, -0.15) is 0 Å². The van der Waals surface area contributed by atoms with Gasteiger partial charge in [0.25, 0.3) is 0 Å². The minimum absolute atomic E-state index is 0. The van der Waals surface area contributed by atoms with E-state index in [4.69, 9.17) is 28.9 Å². The van der Waals surface area contributed by atoms with E-state index in [0.29, 0.717) is 63.4 Å². The summed E-state index contributed by atoms with van der Waals surface area (Å²) in [7, 11) is 6.00. The summed E-state index contributed by atoms with van der Waals surface area (Å²) in [6.45, 7) is 0.692. The zero-order valence-electron chi connectivity index (χ0n) is 39.9. The molecule has 0 aliphatic carbocycles. The average Bonchev–Trinajstić information content (AvgIpc) is 3.91. The number of imidazole rings is 1. The van der Waals surface area contributed by atoms with Crippen LogP contribution in [0.15, 0.2) is 132 Å². The number of epoxide rings is 1. The highest BCUT2D eigenvalue weighted by atomic mass is 79.9. The molecule has 4 saturated heterocycles.